The van der Waals surface area contributed by atoms with E-state index in [-0.39, 0.29) is 11.3 Å². The second-order valence-corrected chi connectivity index (χ2v) is 4.53. The second kappa shape index (κ2) is 8.98. The molecule has 1 amide bonds. The second-order valence-electron chi connectivity index (χ2n) is 4.53. The van der Waals surface area contributed by atoms with E-state index in [4.69, 9.17) is 14.3 Å². The molecule has 5 heteroatoms. The molecule has 0 radical (unpaired) electrons. The topological polar surface area (TPSA) is 72.5 Å². The van der Waals surface area contributed by atoms with Crippen LogP contribution in [-0.4, -0.2) is 32.7 Å². The van der Waals surface area contributed by atoms with E-state index in [1.54, 1.807) is 0 Å². The lowest BCUT2D eigenvalue weighted by molar-refractivity contribution is -0.115. The molecule has 110 valence electrons. The third-order valence-electron chi connectivity index (χ3n) is 3.03. The van der Waals surface area contributed by atoms with Crippen LogP contribution in [0.2, 0.25) is 0 Å². The molecular weight excluding hydrogens is 258 g/mol. The highest BCUT2D eigenvalue weighted by molar-refractivity contribution is 5.90. The largest absolute Gasteiger partial charge is 0.379 e. The summed E-state index contributed by atoms with van der Waals surface area (Å²) < 4.78 is 5.23. The number of hydrogen-bond acceptors (Lipinski definition) is 4. The monoisotopic (exact) mass is 279 g/mol. The molecule has 0 bridgehead atoms. The first-order valence-corrected chi connectivity index (χ1v) is 6.20. The van der Waals surface area contributed by atoms with Crippen molar-refractivity contribution in [2.45, 2.75) is 25.7 Å². The maximum Gasteiger partial charge on any atom is 0.224 e. The SMILES string of the molecule is C=O.C=O.CCC(=O)Nc1ccc(C2(C)COC2)cc1. The number of benzene rings is 1. The summed E-state index contributed by atoms with van der Waals surface area (Å²) in [4.78, 5) is 27.2. The van der Waals surface area contributed by atoms with Crippen LogP contribution in [0.3, 0.4) is 0 Å². The smallest absolute Gasteiger partial charge is 0.224 e. The van der Waals surface area contributed by atoms with Gasteiger partial charge in [0.25, 0.3) is 0 Å². The van der Waals surface area contributed by atoms with Crippen LogP contribution in [0.25, 0.3) is 0 Å². The van der Waals surface area contributed by atoms with Crippen molar-refractivity contribution in [3.8, 4) is 0 Å². The first kappa shape index (κ1) is 18.0. The van der Waals surface area contributed by atoms with Crippen LogP contribution in [0.5, 0.6) is 0 Å². The van der Waals surface area contributed by atoms with Crippen molar-refractivity contribution in [2.75, 3.05) is 18.5 Å². The summed E-state index contributed by atoms with van der Waals surface area (Å²) >= 11 is 0. The summed E-state index contributed by atoms with van der Waals surface area (Å²) in [6.07, 6.45) is 0.507. The van der Waals surface area contributed by atoms with Crippen molar-refractivity contribution < 1.29 is 19.1 Å². The Morgan fingerprint density at radius 3 is 2.05 bits per heavy atom. The minimum atomic E-state index is 0.0472. The molecule has 0 saturated carbocycles. The molecule has 20 heavy (non-hydrogen) atoms. The summed E-state index contributed by atoms with van der Waals surface area (Å²) in [6.45, 7) is 9.61. The highest BCUT2D eigenvalue weighted by Gasteiger charge is 2.34. The Bertz CT molecular complexity index is 410. The van der Waals surface area contributed by atoms with Crippen molar-refractivity contribution in [3.63, 3.8) is 0 Å². The molecule has 0 unspecified atom stereocenters. The van der Waals surface area contributed by atoms with E-state index in [0.717, 1.165) is 18.9 Å². The zero-order chi connectivity index (χ0) is 15.6. The minimum absolute atomic E-state index is 0.0472. The van der Waals surface area contributed by atoms with Gasteiger partial charge in [-0.2, -0.15) is 0 Å². The standard InChI is InChI=1S/C13H17NO2.2CH2O/c1-3-12(15)14-11-6-4-10(5-7-11)13(2)8-16-9-13;2*1-2/h4-7H,3,8-9H2,1-2H3,(H,14,15);2*1H2. The molecule has 1 aromatic rings. The molecule has 0 aromatic heterocycles. The van der Waals surface area contributed by atoms with Crippen LogP contribution in [0.1, 0.15) is 25.8 Å². The quantitative estimate of drug-likeness (QED) is 0.918. The summed E-state index contributed by atoms with van der Waals surface area (Å²) in [6, 6.07) is 8.03. The number of hydrogen-bond donors (Lipinski definition) is 1. The van der Waals surface area contributed by atoms with Crippen molar-refractivity contribution in [3.05, 3.63) is 29.8 Å². The Hall–Kier alpha value is -2.01. The molecule has 1 fully saturated rings. The number of rotatable bonds is 3. The van der Waals surface area contributed by atoms with Crippen molar-refractivity contribution >= 4 is 25.2 Å². The van der Waals surface area contributed by atoms with E-state index in [2.05, 4.69) is 24.4 Å². The fourth-order valence-electron chi connectivity index (χ4n) is 1.78. The van der Waals surface area contributed by atoms with Gasteiger partial charge in [-0.05, 0) is 17.7 Å². The van der Waals surface area contributed by atoms with Crippen LogP contribution in [0, 0.1) is 0 Å². The number of amides is 1. The Balaban J connectivity index is 0.000000829. The van der Waals surface area contributed by atoms with Crippen molar-refractivity contribution in [1.82, 2.24) is 0 Å². The van der Waals surface area contributed by atoms with Crippen LogP contribution in [-0.2, 0) is 24.5 Å². The Labute approximate surface area is 119 Å². The van der Waals surface area contributed by atoms with Gasteiger partial charge in [-0.25, -0.2) is 0 Å². The number of ether oxygens (including phenoxy) is 1. The average molecular weight is 279 g/mol. The lowest BCUT2D eigenvalue weighted by Crippen LogP contribution is -2.43. The first-order chi connectivity index (χ1) is 9.64. The van der Waals surface area contributed by atoms with Crippen LogP contribution in [0.15, 0.2) is 24.3 Å². The van der Waals surface area contributed by atoms with Crippen molar-refractivity contribution in [2.24, 2.45) is 0 Å². The minimum Gasteiger partial charge on any atom is -0.379 e. The summed E-state index contributed by atoms with van der Waals surface area (Å²) in [5, 5.41) is 2.84. The van der Waals surface area contributed by atoms with Gasteiger partial charge in [0.05, 0.1) is 13.2 Å². The van der Waals surface area contributed by atoms with Gasteiger partial charge >= 0.3 is 0 Å². The van der Waals surface area contributed by atoms with Crippen LogP contribution >= 0.6 is 0 Å². The molecule has 1 heterocycles. The third kappa shape index (κ3) is 4.59. The molecule has 1 saturated heterocycles. The van der Waals surface area contributed by atoms with Gasteiger partial charge in [-0.3, -0.25) is 4.79 Å². The lowest BCUT2D eigenvalue weighted by atomic mass is 9.81. The molecule has 1 aromatic carbocycles. The number of carbonyl (C=O) groups is 3. The highest BCUT2D eigenvalue weighted by atomic mass is 16.5. The zero-order valence-corrected chi connectivity index (χ0v) is 12.0. The fraction of sp³-hybridized carbons (Fsp3) is 0.400. The van der Waals surface area contributed by atoms with Gasteiger partial charge in [0.2, 0.25) is 5.91 Å². The zero-order valence-electron chi connectivity index (χ0n) is 12.0. The maximum atomic E-state index is 11.2. The lowest BCUT2D eigenvalue weighted by Gasteiger charge is -2.38. The predicted molar refractivity (Wildman–Crippen MR) is 77.8 cm³/mol. The normalized spacial score (nSPS) is 14.5. The van der Waals surface area contributed by atoms with E-state index >= 15 is 0 Å². The molecule has 5 nitrogen and oxygen atoms in total. The summed E-state index contributed by atoms with van der Waals surface area (Å²) in [5.41, 5.74) is 2.29. The van der Waals surface area contributed by atoms with Crippen molar-refractivity contribution in [1.29, 1.82) is 0 Å². The Kier molecular flexibility index (Phi) is 8.08. The van der Waals surface area contributed by atoms with Crippen LogP contribution in [0.4, 0.5) is 5.69 Å². The molecule has 2 rings (SSSR count). The summed E-state index contributed by atoms with van der Waals surface area (Å²) in [7, 11) is 0. The fourth-order valence-corrected chi connectivity index (χ4v) is 1.78. The third-order valence-corrected chi connectivity index (χ3v) is 3.03. The predicted octanol–water partition coefficient (Wildman–Crippen LogP) is 1.95. The van der Waals surface area contributed by atoms with Gasteiger partial charge in [0, 0.05) is 17.5 Å². The van der Waals surface area contributed by atoms with E-state index in [1.165, 1.54) is 5.56 Å². The maximum absolute atomic E-state index is 11.2. The number of carbonyl (C=O) groups excluding carboxylic acids is 3. The first-order valence-electron chi connectivity index (χ1n) is 6.20. The van der Waals surface area contributed by atoms with Gasteiger partial charge < -0.3 is 19.6 Å². The van der Waals surface area contributed by atoms with E-state index < -0.39 is 0 Å². The van der Waals surface area contributed by atoms with Gasteiger partial charge in [-0.1, -0.05) is 26.0 Å². The van der Waals surface area contributed by atoms with E-state index in [1.807, 2.05) is 32.6 Å². The molecule has 1 aliphatic heterocycles. The Morgan fingerprint density at radius 2 is 1.70 bits per heavy atom. The molecule has 0 spiro atoms. The van der Waals surface area contributed by atoms with Gasteiger partial charge in [-0.15, -0.1) is 0 Å². The van der Waals surface area contributed by atoms with E-state index in [0.29, 0.717) is 6.42 Å². The number of anilines is 1. The molecule has 0 atom stereocenters. The van der Waals surface area contributed by atoms with E-state index in [9.17, 15) is 4.79 Å². The van der Waals surface area contributed by atoms with Gasteiger partial charge in [0.15, 0.2) is 0 Å². The Morgan fingerprint density at radius 1 is 1.20 bits per heavy atom. The highest BCUT2D eigenvalue weighted by Crippen LogP contribution is 2.32. The average Bonchev–Trinajstić information content (AvgIpc) is 2.49. The number of nitrogens with one attached hydrogen (secondary N) is 1. The molecule has 1 N–H and O–H groups in total. The molecule has 1 aliphatic rings. The van der Waals surface area contributed by atoms with Crippen LogP contribution < -0.4 is 5.32 Å². The molecule has 0 aliphatic carbocycles. The van der Waals surface area contributed by atoms with Gasteiger partial charge in [0.1, 0.15) is 13.6 Å². The molecular formula is C15H21NO4. The summed E-state index contributed by atoms with van der Waals surface area (Å²) in [5.74, 6) is 0.0472.